The van der Waals surface area contributed by atoms with E-state index in [9.17, 15) is 23.6 Å². The SMILES string of the molecule is NC(=O)OC(Cc1ccc(C(N)=O)c(F)c1)CN1C(=O)c2ccccc2C1=O. The van der Waals surface area contributed by atoms with E-state index < -0.39 is 35.7 Å². The highest BCUT2D eigenvalue weighted by Gasteiger charge is 2.37. The third kappa shape index (κ3) is 3.68. The fourth-order valence-electron chi connectivity index (χ4n) is 3.06. The average Bonchev–Trinajstić information content (AvgIpc) is 2.86. The lowest BCUT2D eigenvalue weighted by Gasteiger charge is -2.22. The molecule has 1 aliphatic heterocycles. The quantitative estimate of drug-likeness (QED) is 0.722. The van der Waals surface area contributed by atoms with Crippen LogP contribution >= 0.6 is 0 Å². The molecule has 28 heavy (non-hydrogen) atoms. The molecule has 144 valence electrons. The average molecular weight is 385 g/mol. The third-order valence-corrected chi connectivity index (χ3v) is 4.31. The van der Waals surface area contributed by atoms with Gasteiger partial charge in [-0.1, -0.05) is 18.2 Å². The second kappa shape index (κ2) is 7.47. The van der Waals surface area contributed by atoms with Gasteiger partial charge in [0.2, 0.25) is 0 Å². The first-order valence-electron chi connectivity index (χ1n) is 8.27. The number of nitrogens with two attached hydrogens (primary N) is 2. The lowest BCUT2D eigenvalue weighted by molar-refractivity contribution is 0.0489. The van der Waals surface area contributed by atoms with E-state index in [0.717, 1.165) is 11.0 Å². The zero-order valence-corrected chi connectivity index (χ0v) is 14.6. The van der Waals surface area contributed by atoms with E-state index in [2.05, 4.69) is 0 Å². The van der Waals surface area contributed by atoms with E-state index in [0.29, 0.717) is 5.56 Å². The Morgan fingerprint density at radius 2 is 1.64 bits per heavy atom. The minimum atomic E-state index is -1.10. The maximum atomic E-state index is 14.0. The van der Waals surface area contributed by atoms with Gasteiger partial charge in [-0.25, -0.2) is 9.18 Å². The van der Waals surface area contributed by atoms with Crippen molar-refractivity contribution in [1.82, 2.24) is 4.90 Å². The van der Waals surface area contributed by atoms with Gasteiger partial charge in [0.25, 0.3) is 17.7 Å². The minimum Gasteiger partial charge on any atom is -0.444 e. The number of carbonyl (C=O) groups excluding carboxylic acids is 4. The van der Waals surface area contributed by atoms with E-state index in [-0.39, 0.29) is 29.7 Å². The predicted octanol–water partition coefficient (Wildman–Crippen LogP) is 1.23. The largest absolute Gasteiger partial charge is 0.444 e. The van der Waals surface area contributed by atoms with Crippen LogP contribution in [0, 0.1) is 5.82 Å². The van der Waals surface area contributed by atoms with Gasteiger partial charge in [0.15, 0.2) is 0 Å². The predicted molar refractivity (Wildman–Crippen MR) is 94.9 cm³/mol. The molecule has 2 aromatic carbocycles. The van der Waals surface area contributed by atoms with Crippen LogP contribution in [0.1, 0.15) is 36.6 Å². The molecule has 3 rings (SSSR count). The van der Waals surface area contributed by atoms with Crippen molar-refractivity contribution in [3.8, 4) is 0 Å². The number of primary amides is 2. The Morgan fingerprint density at radius 1 is 1.04 bits per heavy atom. The van der Waals surface area contributed by atoms with Crippen molar-refractivity contribution in [2.45, 2.75) is 12.5 Å². The van der Waals surface area contributed by atoms with Gasteiger partial charge < -0.3 is 16.2 Å². The standard InChI is InChI=1S/C19H16FN3O5/c20-15-8-10(5-6-14(15)16(21)24)7-11(28-19(22)27)9-23-17(25)12-3-1-2-4-13(12)18(23)26/h1-6,8,11H,7,9H2,(H2,21,24)(H2,22,27). The summed E-state index contributed by atoms with van der Waals surface area (Å²) in [6, 6.07) is 10.0. The molecule has 0 spiro atoms. The van der Waals surface area contributed by atoms with Crippen LogP contribution in [0.25, 0.3) is 0 Å². The number of fused-ring (bicyclic) bond motifs is 1. The van der Waals surface area contributed by atoms with Crippen LogP contribution in [0.15, 0.2) is 42.5 Å². The van der Waals surface area contributed by atoms with Gasteiger partial charge in [0.05, 0.1) is 23.2 Å². The molecule has 1 atom stereocenters. The number of halogens is 1. The fraction of sp³-hybridized carbons (Fsp3) is 0.158. The van der Waals surface area contributed by atoms with Crippen LogP contribution in [-0.2, 0) is 11.2 Å². The number of ether oxygens (including phenoxy) is 1. The Balaban J connectivity index is 1.81. The number of rotatable bonds is 6. The summed E-state index contributed by atoms with van der Waals surface area (Å²) in [6.07, 6.45) is -2.14. The summed E-state index contributed by atoms with van der Waals surface area (Å²) in [7, 11) is 0. The summed E-state index contributed by atoms with van der Waals surface area (Å²) < 4.78 is 19.0. The van der Waals surface area contributed by atoms with Crippen molar-refractivity contribution in [2.24, 2.45) is 11.5 Å². The molecule has 0 bridgehead atoms. The van der Waals surface area contributed by atoms with Crippen molar-refractivity contribution in [3.63, 3.8) is 0 Å². The van der Waals surface area contributed by atoms with Crippen molar-refractivity contribution < 1.29 is 28.3 Å². The van der Waals surface area contributed by atoms with Gasteiger partial charge in [-0.3, -0.25) is 19.3 Å². The molecule has 1 heterocycles. The maximum Gasteiger partial charge on any atom is 0.404 e. The Labute approximate surface area is 158 Å². The van der Waals surface area contributed by atoms with E-state index in [1.54, 1.807) is 12.1 Å². The maximum absolute atomic E-state index is 14.0. The monoisotopic (exact) mass is 385 g/mol. The topological polar surface area (TPSA) is 133 Å². The molecule has 0 saturated heterocycles. The van der Waals surface area contributed by atoms with E-state index in [1.165, 1.54) is 24.3 Å². The molecule has 2 aromatic rings. The first-order valence-corrected chi connectivity index (χ1v) is 8.27. The summed E-state index contributed by atoms with van der Waals surface area (Å²) in [6.45, 7) is -0.255. The highest BCUT2D eigenvalue weighted by molar-refractivity contribution is 6.21. The van der Waals surface area contributed by atoms with Crippen LogP contribution in [-0.4, -0.2) is 41.4 Å². The number of carbonyl (C=O) groups is 4. The minimum absolute atomic E-state index is 0.0354. The summed E-state index contributed by atoms with van der Waals surface area (Å²) >= 11 is 0. The van der Waals surface area contributed by atoms with E-state index in [4.69, 9.17) is 16.2 Å². The molecule has 0 aliphatic carbocycles. The molecule has 8 nitrogen and oxygen atoms in total. The number of amides is 4. The fourth-order valence-corrected chi connectivity index (χ4v) is 3.06. The normalized spacial score (nSPS) is 14.0. The first kappa shape index (κ1) is 19.0. The van der Waals surface area contributed by atoms with Gasteiger partial charge in [0, 0.05) is 6.42 Å². The van der Waals surface area contributed by atoms with Crippen molar-refractivity contribution in [1.29, 1.82) is 0 Å². The van der Waals surface area contributed by atoms with Crippen LogP contribution in [0.2, 0.25) is 0 Å². The zero-order chi connectivity index (χ0) is 20.4. The summed E-state index contributed by atoms with van der Waals surface area (Å²) in [5.41, 5.74) is 10.7. The molecule has 1 unspecified atom stereocenters. The molecule has 0 radical (unpaired) electrons. The molecule has 0 fully saturated rings. The number of hydrogen-bond acceptors (Lipinski definition) is 5. The first-order chi connectivity index (χ1) is 13.3. The second-order valence-electron chi connectivity index (χ2n) is 6.21. The highest BCUT2D eigenvalue weighted by atomic mass is 19.1. The van der Waals surface area contributed by atoms with Crippen LogP contribution in [0.3, 0.4) is 0 Å². The third-order valence-electron chi connectivity index (χ3n) is 4.31. The van der Waals surface area contributed by atoms with Crippen molar-refractivity contribution in [2.75, 3.05) is 6.54 Å². The van der Waals surface area contributed by atoms with Crippen LogP contribution in [0.5, 0.6) is 0 Å². The lowest BCUT2D eigenvalue weighted by atomic mass is 10.0. The summed E-state index contributed by atoms with van der Waals surface area (Å²) in [5, 5.41) is 0. The van der Waals surface area contributed by atoms with E-state index >= 15 is 0 Å². The second-order valence-corrected chi connectivity index (χ2v) is 6.21. The van der Waals surface area contributed by atoms with Crippen LogP contribution in [0.4, 0.5) is 9.18 Å². The van der Waals surface area contributed by atoms with Crippen LogP contribution < -0.4 is 11.5 Å². The van der Waals surface area contributed by atoms with Gasteiger partial charge >= 0.3 is 6.09 Å². The summed E-state index contributed by atoms with van der Waals surface area (Å²) in [4.78, 5) is 48.3. The Hall–Kier alpha value is -3.75. The van der Waals surface area contributed by atoms with Crippen molar-refractivity contribution in [3.05, 3.63) is 70.5 Å². The van der Waals surface area contributed by atoms with Gasteiger partial charge in [-0.05, 0) is 29.8 Å². The number of nitrogens with zero attached hydrogens (tertiary/aromatic N) is 1. The molecular weight excluding hydrogens is 369 g/mol. The highest BCUT2D eigenvalue weighted by Crippen LogP contribution is 2.23. The molecule has 0 saturated carbocycles. The molecule has 0 aromatic heterocycles. The zero-order valence-electron chi connectivity index (χ0n) is 14.6. The molecule has 1 aliphatic rings. The van der Waals surface area contributed by atoms with Gasteiger partial charge in [0.1, 0.15) is 11.9 Å². The lowest BCUT2D eigenvalue weighted by Crippen LogP contribution is -2.40. The van der Waals surface area contributed by atoms with Crippen molar-refractivity contribution >= 4 is 23.8 Å². The van der Waals surface area contributed by atoms with Gasteiger partial charge in [-0.15, -0.1) is 0 Å². The Morgan fingerprint density at radius 3 is 2.14 bits per heavy atom. The number of benzene rings is 2. The molecule has 9 heteroatoms. The van der Waals surface area contributed by atoms with E-state index in [1.807, 2.05) is 0 Å². The number of imide groups is 1. The number of hydrogen-bond donors (Lipinski definition) is 2. The Kier molecular flexibility index (Phi) is 5.08. The van der Waals surface area contributed by atoms with Gasteiger partial charge in [-0.2, -0.15) is 0 Å². The summed E-state index contributed by atoms with van der Waals surface area (Å²) in [5.74, 6) is -2.79. The Bertz CT molecular complexity index is 956. The molecular formula is C19H16FN3O5. The molecule has 4 N–H and O–H groups in total. The molecule has 4 amide bonds. The smallest absolute Gasteiger partial charge is 0.404 e.